The Hall–Kier alpha value is -4.25. The van der Waals surface area contributed by atoms with Crippen molar-refractivity contribution in [1.29, 1.82) is 0 Å². The maximum absolute atomic E-state index is 13.3. The molecule has 0 unspecified atom stereocenters. The van der Waals surface area contributed by atoms with Crippen molar-refractivity contribution >= 4 is 34.9 Å². The number of halogens is 2. The maximum Gasteiger partial charge on any atom is 0.301 e. The molecular weight excluding hydrogens is 459 g/mol. The van der Waals surface area contributed by atoms with Crippen molar-refractivity contribution in [3.63, 3.8) is 0 Å². The van der Waals surface area contributed by atoms with Gasteiger partial charge < -0.3 is 9.47 Å². The Morgan fingerprint density at radius 2 is 1.91 bits per heavy atom. The van der Waals surface area contributed by atoms with Crippen molar-refractivity contribution in [2.45, 2.75) is 6.61 Å². The Morgan fingerprint density at radius 3 is 2.58 bits per heavy atom. The lowest BCUT2D eigenvalue weighted by Gasteiger charge is -2.13. The van der Waals surface area contributed by atoms with Crippen LogP contribution in [0.4, 0.5) is 21.5 Å². The summed E-state index contributed by atoms with van der Waals surface area (Å²) in [7, 11) is 1.42. The molecule has 0 aliphatic carbocycles. The molecule has 0 amide bonds. The van der Waals surface area contributed by atoms with Gasteiger partial charge in [-0.25, -0.2) is 4.39 Å². The van der Waals surface area contributed by atoms with Gasteiger partial charge >= 0.3 is 5.69 Å². The highest BCUT2D eigenvalue weighted by Gasteiger charge is 2.19. The summed E-state index contributed by atoms with van der Waals surface area (Å²) in [4.78, 5) is 20.5. The molecular formula is C21H16ClFN4O6. The van der Waals surface area contributed by atoms with Crippen LogP contribution in [-0.4, -0.2) is 23.2 Å². The van der Waals surface area contributed by atoms with Gasteiger partial charge in [-0.15, -0.1) is 0 Å². The number of nitro groups is 2. The number of nitrogens with zero attached hydrogens (tertiary/aromatic N) is 3. The van der Waals surface area contributed by atoms with Gasteiger partial charge in [0.1, 0.15) is 18.1 Å². The number of hydrogen-bond donors (Lipinski definition) is 1. The van der Waals surface area contributed by atoms with Crippen LogP contribution >= 0.6 is 11.6 Å². The van der Waals surface area contributed by atoms with E-state index in [1.807, 2.05) is 0 Å². The Bertz CT molecular complexity index is 1240. The normalized spacial score (nSPS) is 10.8. The van der Waals surface area contributed by atoms with Gasteiger partial charge in [-0.2, -0.15) is 5.10 Å². The number of rotatable bonds is 9. The minimum absolute atomic E-state index is 0.0324. The first-order valence-electron chi connectivity index (χ1n) is 9.25. The SMILES string of the molecule is COc1cc(/C=N/Nc2ccc([N+](=O)[O-])cc2[N+](=O)[O-])cc(Cl)c1OCc1cccc(F)c1. The number of nitrogens with one attached hydrogen (secondary N) is 1. The lowest BCUT2D eigenvalue weighted by atomic mass is 10.2. The van der Waals surface area contributed by atoms with Gasteiger partial charge in [0.15, 0.2) is 11.5 Å². The number of hydrazone groups is 1. The van der Waals surface area contributed by atoms with E-state index in [-0.39, 0.29) is 28.9 Å². The largest absolute Gasteiger partial charge is 0.493 e. The third-order valence-electron chi connectivity index (χ3n) is 4.31. The highest BCUT2D eigenvalue weighted by molar-refractivity contribution is 6.32. The summed E-state index contributed by atoms with van der Waals surface area (Å²) in [6.45, 7) is 0.0621. The first-order chi connectivity index (χ1) is 15.8. The average molecular weight is 475 g/mol. The van der Waals surface area contributed by atoms with Crippen LogP contribution in [0.25, 0.3) is 0 Å². The van der Waals surface area contributed by atoms with E-state index in [0.717, 1.165) is 12.1 Å². The summed E-state index contributed by atoms with van der Waals surface area (Å²) in [6.07, 6.45) is 1.33. The monoisotopic (exact) mass is 474 g/mol. The lowest BCUT2D eigenvalue weighted by molar-refractivity contribution is -0.393. The fraction of sp³-hybridized carbons (Fsp3) is 0.0952. The van der Waals surface area contributed by atoms with E-state index >= 15 is 0 Å². The number of anilines is 1. The number of benzene rings is 3. The molecule has 0 spiro atoms. The summed E-state index contributed by atoms with van der Waals surface area (Å²) in [5, 5.41) is 26.2. The molecule has 0 radical (unpaired) electrons. The summed E-state index contributed by atoms with van der Waals surface area (Å²) in [6, 6.07) is 12.2. The van der Waals surface area contributed by atoms with Crippen LogP contribution in [0.3, 0.4) is 0 Å². The highest BCUT2D eigenvalue weighted by atomic mass is 35.5. The van der Waals surface area contributed by atoms with Crippen molar-refractivity contribution < 1.29 is 23.7 Å². The van der Waals surface area contributed by atoms with Crippen LogP contribution in [0.15, 0.2) is 59.7 Å². The predicted octanol–water partition coefficient (Wildman–Crippen LogP) is 5.33. The van der Waals surface area contributed by atoms with Gasteiger partial charge in [0.2, 0.25) is 0 Å². The van der Waals surface area contributed by atoms with Gasteiger partial charge in [0.25, 0.3) is 5.69 Å². The Morgan fingerprint density at radius 1 is 1.12 bits per heavy atom. The predicted molar refractivity (Wildman–Crippen MR) is 120 cm³/mol. The second-order valence-electron chi connectivity index (χ2n) is 6.54. The molecule has 0 aromatic heterocycles. The van der Waals surface area contributed by atoms with Crippen LogP contribution in [0.5, 0.6) is 11.5 Å². The molecule has 33 heavy (non-hydrogen) atoms. The van der Waals surface area contributed by atoms with E-state index in [4.69, 9.17) is 21.1 Å². The van der Waals surface area contributed by atoms with Crippen molar-refractivity contribution in [2.75, 3.05) is 12.5 Å². The molecule has 0 saturated carbocycles. The first kappa shape index (κ1) is 23.4. The zero-order valence-electron chi connectivity index (χ0n) is 17.0. The van der Waals surface area contributed by atoms with Crippen LogP contribution in [-0.2, 0) is 6.61 Å². The van der Waals surface area contributed by atoms with Crippen molar-refractivity contribution in [3.8, 4) is 11.5 Å². The molecule has 12 heteroatoms. The summed E-state index contributed by atoms with van der Waals surface area (Å²) >= 11 is 6.31. The van der Waals surface area contributed by atoms with E-state index in [1.165, 1.54) is 37.6 Å². The average Bonchev–Trinajstić information content (AvgIpc) is 2.78. The molecule has 0 aliphatic rings. The molecule has 0 fully saturated rings. The van der Waals surface area contributed by atoms with Crippen LogP contribution < -0.4 is 14.9 Å². The highest BCUT2D eigenvalue weighted by Crippen LogP contribution is 2.36. The minimum Gasteiger partial charge on any atom is -0.493 e. The van der Waals surface area contributed by atoms with Gasteiger partial charge in [-0.1, -0.05) is 23.7 Å². The molecule has 170 valence electrons. The Labute approximate surface area is 191 Å². The molecule has 0 aliphatic heterocycles. The van der Waals surface area contributed by atoms with E-state index in [1.54, 1.807) is 18.2 Å². The minimum atomic E-state index is -0.754. The quantitative estimate of drug-likeness (QED) is 0.252. The molecule has 0 atom stereocenters. The molecule has 3 aromatic rings. The maximum atomic E-state index is 13.3. The number of non-ortho nitro benzene ring substituents is 1. The van der Waals surface area contributed by atoms with Crippen molar-refractivity contribution in [1.82, 2.24) is 0 Å². The van der Waals surface area contributed by atoms with Gasteiger partial charge in [-0.3, -0.25) is 25.7 Å². The van der Waals surface area contributed by atoms with E-state index in [0.29, 0.717) is 16.9 Å². The zero-order chi connectivity index (χ0) is 24.0. The molecule has 0 saturated heterocycles. The number of methoxy groups -OCH3 is 1. The molecule has 1 N–H and O–H groups in total. The van der Waals surface area contributed by atoms with Crippen LogP contribution in [0.2, 0.25) is 5.02 Å². The first-order valence-corrected chi connectivity index (χ1v) is 9.63. The molecule has 0 bridgehead atoms. The Kier molecular flexibility index (Phi) is 7.36. The number of ether oxygens (including phenoxy) is 2. The zero-order valence-corrected chi connectivity index (χ0v) is 17.8. The van der Waals surface area contributed by atoms with E-state index in [2.05, 4.69) is 10.5 Å². The van der Waals surface area contributed by atoms with Crippen LogP contribution in [0.1, 0.15) is 11.1 Å². The smallest absolute Gasteiger partial charge is 0.301 e. The summed E-state index contributed by atoms with van der Waals surface area (Å²) in [5.74, 6) is 0.155. The number of nitro benzene ring substituents is 2. The van der Waals surface area contributed by atoms with Gasteiger partial charge in [0.05, 0.1) is 34.3 Å². The third kappa shape index (κ3) is 5.92. The second-order valence-corrected chi connectivity index (χ2v) is 6.95. The number of hydrogen-bond acceptors (Lipinski definition) is 8. The van der Waals surface area contributed by atoms with Crippen molar-refractivity contribution in [3.05, 3.63) is 96.8 Å². The molecule has 10 nitrogen and oxygen atoms in total. The summed E-state index contributed by atoms with van der Waals surface area (Å²) < 4.78 is 24.3. The lowest BCUT2D eigenvalue weighted by Crippen LogP contribution is -2.01. The van der Waals surface area contributed by atoms with Crippen LogP contribution in [0, 0.1) is 26.0 Å². The molecule has 3 aromatic carbocycles. The van der Waals surface area contributed by atoms with E-state index in [9.17, 15) is 24.6 Å². The second kappa shape index (κ2) is 10.4. The Balaban J connectivity index is 1.77. The topological polar surface area (TPSA) is 129 Å². The third-order valence-corrected chi connectivity index (χ3v) is 4.59. The molecule has 0 heterocycles. The van der Waals surface area contributed by atoms with Gasteiger partial charge in [-0.05, 0) is 41.5 Å². The van der Waals surface area contributed by atoms with Gasteiger partial charge in [0, 0.05) is 6.07 Å². The summed E-state index contributed by atoms with van der Waals surface area (Å²) in [5.41, 5.74) is 2.62. The fourth-order valence-corrected chi connectivity index (χ4v) is 3.07. The molecule has 3 rings (SSSR count). The van der Waals surface area contributed by atoms with E-state index < -0.39 is 21.2 Å². The fourth-order valence-electron chi connectivity index (χ4n) is 2.79. The van der Waals surface area contributed by atoms with Crippen molar-refractivity contribution in [2.24, 2.45) is 5.10 Å². The standard InChI is InChI=1S/C21H16ClFN4O6/c1-32-20-9-14(8-17(22)21(20)33-12-13-3-2-4-15(23)7-13)11-24-25-18-6-5-16(26(28)29)10-19(18)27(30)31/h2-11,25H,12H2,1H3/b24-11+.